The summed E-state index contributed by atoms with van der Waals surface area (Å²) in [5, 5.41) is 9.64. The molecule has 0 saturated carbocycles. The fraction of sp³-hybridized carbons (Fsp3) is 0.308. The second-order valence-corrected chi connectivity index (χ2v) is 6.00. The molecule has 104 valence electrons. The van der Waals surface area contributed by atoms with Crippen molar-refractivity contribution in [3.05, 3.63) is 38.4 Å². The van der Waals surface area contributed by atoms with E-state index < -0.39 is 12.1 Å². The molecule has 0 spiro atoms. The molecule has 0 radical (unpaired) electrons. The number of halogens is 2. The Morgan fingerprint density at radius 3 is 2.79 bits per heavy atom. The van der Waals surface area contributed by atoms with E-state index in [9.17, 15) is 9.90 Å². The molecule has 1 atom stereocenters. The third kappa shape index (κ3) is 5.92. The van der Waals surface area contributed by atoms with Gasteiger partial charge in [-0.3, -0.25) is 0 Å². The zero-order valence-corrected chi connectivity index (χ0v) is 14.1. The molecule has 0 heterocycles. The number of ether oxygens (including phenoxy) is 2. The number of esters is 1. The molecule has 1 rings (SSSR count). The predicted octanol–water partition coefficient (Wildman–Crippen LogP) is 2.91. The maximum absolute atomic E-state index is 11.1. The summed E-state index contributed by atoms with van der Waals surface area (Å²) in [4.78, 5) is 11.1. The van der Waals surface area contributed by atoms with Crippen LogP contribution in [-0.4, -0.2) is 30.4 Å². The number of carbonyl (C=O) groups excluding carboxylic acids is 1. The zero-order chi connectivity index (χ0) is 14.4. The normalized spacial score (nSPS) is 11.8. The van der Waals surface area contributed by atoms with Crippen LogP contribution in [0.5, 0.6) is 5.75 Å². The van der Waals surface area contributed by atoms with Gasteiger partial charge < -0.3 is 14.6 Å². The highest BCUT2D eigenvalue weighted by molar-refractivity contribution is 14.1. The predicted molar refractivity (Wildman–Crippen MR) is 84.1 cm³/mol. The number of hydrogen-bond donors (Lipinski definition) is 1. The maximum atomic E-state index is 11.1. The lowest BCUT2D eigenvalue weighted by Gasteiger charge is -2.13. The first kappa shape index (κ1) is 16.5. The van der Waals surface area contributed by atoms with Crippen LogP contribution in [0, 0.1) is 3.57 Å². The van der Waals surface area contributed by atoms with Gasteiger partial charge in [0.15, 0.2) is 0 Å². The second kappa shape index (κ2) is 7.86. The minimum atomic E-state index is -0.872. The molecular weight excluding hydrogens is 427 g/mol. The molecule has 0 saturated heterocycles. The topological polar surface area (TPSA) is 55.8 Å². The van der Waals surface area contributed by atoms with Gasteiger partial charge in [-0.2, -0.15) is 0 Å². The molecule has 0 bridgehead atoms. The highest BCUT2D eigenvalue weighted by Crippen LogP contribution is 2.24. The lowest BCUT2D eigenvalue weighted by atomic mass is 10.3. The molecule has 6 heteroatoms. The zero-order valence-electron chi connectivity index (χ0n) is 10.4. The summed E-state index contributed by atoms with van der Waals surface area (Å²) in [6.07, 6.45) is -0.872. The van der Waals surface area contributed by atoms with Gasteiger partial charge in [-0.1, -0.05) is 22.5 Å². The number of aliphatic hydroxyl groups is 1. The first-order chi connectivity index (χ1) is 8.90. The summed E-state index contributed by atoms with van der Waals surface area (Å²) >= 11 is 5.49. The van der Waals surface area contributed by atoms with Crippen LogP contribution in [0.15, 0.2) is 34.8 Å². The van der Waals surface area contributed by atoms with E-state index in [-0.39, 0.29) is 13.2 Å². The first-order valence-electron chi connectivity index (χ1n) is 5.48. The summed E-state index contributed by atoms with van der Waals surface area (Å²) < 4.78 is 12.2. The minimum Gasteiger partial charge on any atom is -0.490 e. The Bertz CT molecular complexity index is 476. The summed E-state index contributed by atoms with van der Waals surface area (Å²) in [5.74, 6) is 0.159. The van der Waals surface area contributed by atoms with Gasteiger partial charge in [0.25, 0.3) is 0 Å². The average molecular weight is 441 g/mol. The summed E-state index contributed by atoms with van der Waals surface area (Å²) in [6, 6.07) is 5.56. The first-order valence-corrected chi connectivity index (χ1v) is 7.36. The number of aliphatic hydroxyl groups excluding tert-OH is 1. The molecular formula is C13H14BrIO4. The van der Waals surface area contributed by atoms with Crippen molar-refractivity contribution in [3.8, 4) is 5.75 Å². The van der Waals surface area contributed by atoms with Crippen molar-refractivity contribution >= 4 is 44.5 Å². The number of carbonyl (C=O) groups is 1. The third-order valence-corrected chi connectivity index (χ3v) is 3.42. The van der Waals surface area contributed by atoms with Crippen molar-refractivity contribution in [1.29, 1.82) is 0 Å². The van der Waals surface area contributed by atoms with Crippen molar-refractivity contribution in [2.45, 2.75) is 13.0 Å². The highest BCUT2D eigenvalue weighted by atomic mass is 127. The van der Waals surface area contributed by atoms with Gasteiger partial charge in [0.05, 0.1) is 3.57 Å². The molecule has 0 aliphatic rings. The Hall–Kier alpha value is -0.600. The van der Waals surface area contributed by atoms with E-state index in [0.29, 0.717) is 11.3 Å². The monoisotopic (exact) mass is 440 g/mol. The Balaban J connectivity index is 2.39. The Labute approximate surface area is 134 Å². The van der Waals surface area contributed by atoms with Gasteiger partial charge in [0.1, 0.15) is 25.1 Å². The molecule has 1 aromatic rings. The van der Waals surface area contributed by atoms with Crippen LogP contribution in [-0.2, 0) is 9.53 Å². The van der Waals surface area contributed by atoms with Gasteiger partial charge in [0.2, 0.25) is 0 Å². The Morgan fingerprint density at radius 1 is 1.53 bits per heavy atom. The van der Waals surface area contributed by atoms with E-state index >= 15 is 0 Å². The second-order valence-electron chi connectivity index (χ2n) is 3.92. The van der Waals surface area contributed by atoms with Crippen LogP contribution < -0.4 is 4.74 Å². The van der Waals surface area contributed by atoms with E-state index in [1.54, 1.807) is 13.0 Å². The number of hydrogen-bond acceptors (Lipinski definition) is 4. The third-order valence-electron chi connectivity index (χ3n) is 2.08. The Morgan fingerprint density at radius 2 is 2.21 bits per heavy atom. The van der Waals surface area contributed by atoms with Crippen LogP contribution >= 0.6 is 38.5 Å². The van der Waals surface area contributed by atoms with Crippen molar-refractivity contribution in [2.24, 2.45) is 0 Å². The summed E-state index contributed by atoms with van der Waals surface area (Å²) in [6.45, 7) is 4.95. The summed E-state index contributed by atoms with van der Waals surface area (Å²) in [5.41, 5.74) is 0.301. The van der Waals surface area contributed by atoms with Crippen molar-refractivity contribution < 1.29 is 19.4 Å². The van der Waals surface area contributed by atoms with Gasteiger partial charge in [-0.05, 0) is 47.7 Å². The fourth-order valence-corrected chi connectivity index (χ4v) is 2.58. The maximum Gasteiger partial charge on any atom is 0.333 e. The van der Waals surface area contributed by atoms with E-state index in [2.05, 4.69) is 45.1 Å². The lowest BCUT2D eigenvalue weighted by Crippen LogP contribution is -2.25. The average Bonchev–Trinajstić information content (AvgIpc) is 2.34. The molecule has 0 aromatic heterocycles. The fourth-order valence-electron chi connectivity index (χ4n) is 1.12. The van der Waals surface area contributed by atoms with Crippen molar-refractivity contribution in [2.75, 3.05) is 13.2 Å². The molecule has 1 N–H and O–H groups in total. The molecule has 0 aliphatic heterocycles. The minimum absolute atomic E-state index is 0.0567. The van der Waals surface area contributed by atoms with Gasteiger partial charge >= 0.3 is 5.97 Å². The Kier molecular flexibility index (Phi) is 6.81. The van der Waals surface area contributed by atoms with Crippen molar-refractivity contribution in [3.63, 3.8) is 0 Å². The largest absolute Gasteiger partial charge is 0.490 e. The van der Waals surface area contributed by atoms with Crippen LogP contribution in [0.1, 0.15) is 6.92 Å². The molecule has 0 aliphatic carbocycles. The molecule has 0 amide bonds. The number of benzene rings is 1. The molecule has 1 aromatic carbocycles. The van der Waals surface area contributed by atoms with Gasteiger partial charge in [-0.15, -0.1) is 0 Å². The van der Waals surface area contributed by atoms with Crippen LogP contribution in [0.2, 0.25) is 0 Å². The van der Waals surface area contributed by atoms with Crippen molar-refractivity contribution in [1.82, 2.24) is 0 Å². The van der Waals surface area contributed by atoms with E-state index in [0.717, 1.165) is 8.04 Å². The number of rotatable bonds is 6. The summed E-state index contributed by atoms with van der Waals surface area (Å²) in [7, 11) is 0. The van der Waals surface area contributed by atoms with Crippen LogP contribution in [0.3, 0.4) is 0 Å². The van der Waals surface area contributed by atoms with Crippen LogP contribution in [0.25, 0.3) is 0 Å². The molecule has 19 heavy (non-hydrogen) atoms. The van der Waals surface area contributed by atoms with Gasteiger partial charge in [-0.25, -0.2) is 4.79 Å². The molecule has 1 unspecified atom stereocenters. The van der Waals surface area contributed by atoms with E-state index in [1.807, 2.05) is 12.1 Å². The smallest absolute Gasteiger partial charge is 0.333 e. The lowest BCUT2D eigenvalue weighted by molar-refractivity contribution is -0.142. The quantitative estimate of drug-likeness (QED) is 0.420. The van der Waals surface area contributed by atoms with E-state index in [4.69, 9.17) is 9.47 Å². The van der Waals surface area contributed by atoms with E-state index in [1.165, 1.54) is 0 Å². The standard InChI is InChI=1S/C13H14BrIO4/c1-8(2)13(17)19-7-10(16)6-18-12-4-3-9(14)5-11(12)15/h3-5,10,16H,1,6-7H2,2H3. The molecule has 0 fully saturated rings. The van der Waals surface area contributed by atoms with Crippen LogP contribution in [0.4, 0.5) is 0 Å². The van der Waals surface area contributed by atoms with Gasteiger partial charge in [0, 0.05) is 10.0 Å². The highest BCUT2D eigenvalue weighted by Gasteiger charge is 2.11. The molecule has 4 nitrogen and oxygen atoms in total. The SMILES string of the molecule is C=C(C)C(=O)OCC(O)COc1ccc(Br)cc1I.